The number of benzene rings is 2. The quantitative estimate of drug-likeness (QED) is 0.321. The van der Waals surface area contributed by atoms with E-state index in [-0.39, 0.29) is 23.4 Å². The Hall–Kier alpha value is -3.51. The Balaban J connectivity index is 1.26. The van der Waals surface area contributed by atoms with Gasteiger partial charge in [0.2, 0.25) is 11.8 Å². The minimum atomic E-state index is -0.162. The Kier molecular flexibility index (Phi) is 7.89. The molecule has 0 radical (unpaired) electrons. The summed E-state index contributed by atoms with van der Waals surface area (Å²) in [5, 5.41) is 6.22. The number of carbonyl (C=O) groups excluding carboxylic acids is 2. The Morgan fingerprint density at radius 2 is 1.66 bits per heavy atom. The first-order valence-corrected chi connectivity index (χ1v) is 14.0. The monoisotopic (exact) mass is 510 g/mol. The van der Waals surface area contributed by atoms with Crippen LogP contribution in [0.15, 0.2) is 66.9 Å². The summed E-state index contributed by atoms with van der Waals surface area (Å²) in [7, 11) is 0. The van der Waals surface area contributed by atoms with Crippen molar-refractivity contribution >= 4 is 17.5 Å². The fourth-order valence-corrected chi connectivity index (χ4v) is 5.50. The molecule has 2 saturated carbocycles. The first-order chi connectivity index (χ1) is 18.4. The molecule has 6 nitrogen and oxygen atoms in total. The standard InChI is InChI=1S/C32H38N4O2/c1-2-6-29(37)35-26-15-9-22(10-16-26)19-30(38)36-27-20-28(23-7-4-3-5-8-23)31(34-21-27)24-11-13-25(14-12-24)32(33)17-18-32/h3-5,7-8,11-14,20-22,26H,2,6,9-10,15-19,33H2,1H3,(H,35,37)(H,36,38)/t22-,26-. The number of anilines is 1. The zero-order chi connectivity index (χ0) is 26.5. The molecule has 2 aromatic carbocycles. The van der Waals surface area contributed by atoms with Crippen molar-refractivity contribution in [3.05, 3.63) is 72.4 Å². The molecule has 0 aliphatic heterocycles. The maximum atomic E-state index is 12.9. The summed E-state index contributed by atoms with van der Waals surface area (Å²) < 4.78 is 0. The number of nitrogens with one attached hydrogen (secondary N) is 2. The van der Waals surface area contributed by atoms with Crippen LogP contribution < -0.4 is 16.4 Å². The fourth-order valence-electron chi connectivity index (χ4n) is 5.50. The molecule has 1 heterocycles. The highest BCUT2D eigenvalue weighted by atomic mass is 16.2. The molecular weight excluding hydrogens is 472 g/mol. The summed E-state index contributed by atoms with van der Waals surface area (Å²) in [4.78, 5) is 29.6. The molecule has 0 unspecified atom stereocenters. The molecule has 0 saturated heterocycles. The average Bonchev–Trinajstić information content (AvgIpc) is 3.69. The van der Waals surface area contributed by atoms with Gasteiger partial charge in [-0.1, -0.05) is 61.5 Å². The number of amides is 2. The molecule has 38 heavy (non-hydrogen) atoms. The van der Waals surface area contributed by atoms with Crippen molar-refractivity contribution in [1.29, 1.82) is 0 Å². The summed E-state index contributed by atoms with van der Waals surface area (Å²) in [5.74, 6) is 0.492. The second kappa shape index (κ2) is 11.5. The lowest BCUT2D eigenvalue weighted by Crippen LogP contribution is -2.37. The first kappa shape index (κ1) is 26.1. The van der Waals surface area contributed by atoms with Crippen LogP contribution in [0, 0.1) is 5.92 Å². The zero-order valence-corrected chi connectivity index (χ0v) is 22.2. The van der Waals surface area contributed by atoms with Gasteiger partial charge in [0.25, 0.3) is 0 Å². The van der Waals surface area contributed by atoms with Gasteiger partial charge in [0.05, 0.1) is 17.6 Å². The van der Waals surface area contributed by atoms with Crippen molar-refractivity contribution in [3.8, 4) is 22.4 Å². The molecule has 2 amide bonds. The van der Waals surface area contributed by atoms with Crippen molar-refractivity contribution in [2.75, 3.05) is 5.32 Å². The smallest absolute Gasteiger partial charge is 0.224 e. The van der Waals surface area contributed by atoms with E-state index in [0.29, 0.717) is 24.4 Å². The molecule has 0 bridgehead atoms. The van der Waals surface area contributed by atoms with E-state index in [0.717, 1.165) is 67.3 Å². The summed E-state index contributed by atoms with van der Waals surface area (Å²) in [6.45, 7) is 2.02. The molecule has 4 N–H and O–H groups in total. The molecule has 6 heteroatoms. The van der Waals surface area contributed by atoms with Gasteiger partial charge in [0.15, 0.2) is 0 Å². The van der Waals surface area contributed by atoms with Crippen LogP contribution in [0.4, 0.5) is 5.69 Å². The minimum absolute atomic E-state index is 0.0130. The number of pyridine rings is 1. The summed E-state index contributed by atoms with van der Waals surface area (Å²) >= 11 is 0. The minimum Gasteiger partial charge on any atom is -0.353 e. The lowest BCUT2D eigenvalue weighted by atomic mass is 9.84. The third kappa shape index (κ3) is 6.30. The van der Waals surface area contributed by atoms with E-state index in [2.05, 4.69) is 47.0 Å². The number of aromatic nitrogens is 1. The van der Waals surface area contributed by atoms with Gasteiger partial charge in [-0.05, 0) is 68.1 Å². The van der Waals surface area contributed by atoms with E-state index in [4.69, 9.17) is 10.7 Å². The van der Waals surface area contributed by atoms with E-state index in [9.17, 15) is 9.59 Å². The first-order valence-electron chi connectivity index (χ1n) is 14.0. The molecule has 0 spiro atoms. The van der Waals surface area contributed by atoms with Gasteiger partial charge in [-0.3, -0.25) is 14.6 Å². The third-order valence-electron chi connectivity index (χ3n) is 7.94. The van der Waals surface area contributed by atoms with E-state index < -0.39 is 0 Å². The Bertz CT molecular complexity index is 1260. The van der Waals surface area contributed by atoms with Crippen molar-refractivity contribution < 1.29 is 9.59 Å². The Morgan fingerprint density at radius 1 is 0.947 bits per heavy atom. The maximum Gasteiger partial charge on any atom is 0.224 e. The largest absolute Gasteiger partial charge is 0.353 e. The average molecular weight is 511 g/mol. The number of hydrogen-bond donors (Lipinski definition) is 3. The summed E-state index contributed by atoms with van der Waals surface area (Å²) in [6.07, 6.45) is 9.53. The highest BCUT2D eigenvalue weighted by Gasteiger charge is 2.39. The molecule has 0 atom stereocenters. The molecule has 1 aromatic heterocycles. The molecule has 2 aliphatic rings. The lowest BCUT2D eigenvalue weighted by molar-refractivity contribution is -0.122. The second-order valence-electron chi connectivity index (χ2n) is 11.0. The number of carbonyl (C=O) groups is 2. The van der Waals surface area contributed by atoms with Crippen LogP contribution in [0.2, 0.25) is 0 Å². The van der Waals surface area contributed by atoms with Gasteiger partial charge in [0.1, 0.15) is 0 Å². The highest BCUT2D eigenvalue weighted by molar-refractivity contribution is 5.93. The summed E-state index contributed by atoms with van der Waals surface area (Å²) in [6, 6.07) is 20.8. The predicted octanol–water partition coefficient (Wildman–Crippen LogP) is 6.17. The molecule has 198 valence electrons. The topological polar surface area (TPSA) is 97.1 Å². The van der Waals surface area contributed by atoms with Crippen molar-refractivity contribution in [1.82, 2.24) is 10.3 Å². The normalized spacial score (nSPS) is 19.9. The Labute approximate surface area is 225 Å². The van der Waals surface area contributed by atoms with Gasteiger partial charge in [0, 0.05) is 35.5 Å². The van der Waals surface area contributed by atoms with E-state index in [1.165, 1.54) is 5.56 Å². The zero-order valence-electron chi connectivity index (χ0n) is 22.2. The molecular formula is C32H38N4O2. The van der Waals surface area contributed by atoms with Gasteiger partial charge >= 0.3 is 0 Å². The van der Waals surface area contributed by atoms with Crippen LogP contribution in [0.5, 0.6) is 0 Å². The third-order valence-corrected chi connectivity index (χ3v) is 7.94. The molecule has 3 aromatic rings. The van der Waals surface area contributed by atoms with Crippen molar-refractivity contribution in [2.24, 2.45) is 11.7 Å². The van der Waals surface area contributed by atoms with Gasteiger partial charge in [-0.2, -0.15) is 0 Å². The molecule has 2 fully saturated rings. The van der Waals surface area contributed by atoms with Gasteiger partial charge in [-0.25, -0.2) is 0 Å². The SMILES string of the molecule is CCCC(=O)N[C@H]1CC[C@H](CC(=O)Nc2cnc(-c3ccc(C4(N)CC4)cc3)c(-c3ccccc3)c2)CC1. The maximum absolute atomic E-state index is 12.9. The van der Waals surface area contributed by atoms with Crippen LogP contribution in [0.25, 0.3) is 22.4 Å². The number of hydrogen-bond acceptors (Lipinski definition) is 4. The molecule has 5 rings (SSSR count). The van der Waals surface area contributed by atoms with Crippen LogP contribution in [-0.2, 0) is 15.1 Å². The van der Waals surface area contributed by atoms with Crippen LogP contribution in [-0.4, -0.2) is 22.8 Å². The highest BCUT2D eigenvalue weighted by Crippen LogP contribution is 2.43. The van der Waals surface area contributed by atoms with Crippen LogP contribution in [0.1, 0.15) is 70.3 Å². The summed E-state index contributed by atoms with van der Waals surface area (Å²) in [5.41, 5.74) is 12.0. The van der Waals surface area contributed by atoms with Gasteiger partial charge < -0.3 is 16.4 Å². The fraction of sp³-hybridized carbons (Fsp3) is 0.406. The number of rotatable bonds is 9. The number of nitrogens with two attached hydrogens (primary N) is 1. The van der Waals surface area contributed by atoms with Gasteiger partial charge in [-0.15, -0.1) is 0 Å². The van der Waals surface area contributed by atoms with Crippen LogP contribution in [0.3, 0.4) is 0 Å². The predicted molar refractivity (Wildman–Crippen MR) is 152 cm³/mol. The lowest BCUT2D eigenvalue weighted by Gasteiger charge is -2.28. The molecule has 2 aliphatic carbocycles. The number of nitrogens with zero attached hydrogens (tertiary/aromatic N) is 1. The van der Waals surface area contributed by atoms with Crippen molar-refractivity contribution in [3.63, 3.8) is 0 Å². The van der Waals surface area contributed by atoms with E-state index in [1.54, 1.807) is 6.20 Å². The van der Waals surface area contributed by atoms with Crippen LogP contribution >= 0.6 is 0 Å². The van der Waals surface area contributed by atoms with E-state index >= 15 is 0 Å². The Morgan fingerprint density at radius 3 is 2.32 bits per heavy atom. The van der Waals surface area contributed by atoms with E-state index in [1.807, 2.05) is 31.2 Å². The van der Waals surface area contributed by atoms with Crippen molar-refractivity contribution in [2.45, 2.75) is 76.3 Å². The second-order valence-corrected chi connectivity index (χ2v) is 11.0.